The Hall–Kier alpha value is -2.16. The van der Waals surface area contributed by atoms with Crippen LogP contribution >= 0.6 is 0 Å². The van der Waals surface area contributed by atoms with Crippen LogP contribution in [0, 0.1) is 11.3 Å². The number of carbonyl (C=O) groups excluding carboxylic acids is 1. The maximum Gasteiger partial charge on any atom is 0.217 e. The summed E-state index contributed by atoms with van der Waals surface area (Å²) in [5.74, 6) is -2.41. The second kappa shape index (κ2) is 6.35. The number of allylic oxidation sites excluding steroid dienone is 4. The van der Waals surface area contributed by atoms with Crippen molar-refractivity contribution in [3.05, 3.63) is 35.6 Å². The lowest BCUT2D eigenvalue weighted by Gasteiger charge is -2.02. The summed E-state index contributed by atoms with van der Waals surface area (Å²) in [5.41, 5.74) is 4.40. The molecule has 1 amide bonds. The molecule has 0 aromatic rings. The summed E-state index contributed by atoms with van der Waals surface area (Å²) in [6, 6.07) is 1.42. The fraction of sp³-hybridized carbons (Fsp3) is 0.200. The van der Waals surface area contributed by atoms with E-state index in [1.165, 1.54) is 13.0 Å². The number of nitrogens with two attached hydrogens (primary N) is 1. The molecule has 0 aliphatic carbocycles. The minimum absolute atomic E-state index is 0.213. The van der Waals surface area contributed by atoms with Crippen molar-refractivity contribution in [2.24, 2.45) is 5.73 Å². The van der Waals surface area contributed by atoms with Gasteiger partial charge in [0.2, 0.25) is 5.91 Å². The molecule has 0 heterocycles. The number of rotatable bonds is 4. The van der Waals surface area contributed by atoms with Crippen LogP contribution in [0.5, 0.6) is 0 Å². The molecule has 86 valence electrons. The number of nitriles is 1. The topological polar surface area (TPSA) is 78.9 Å². The molecule has 0 spiro atoms. The first-order valence-corrected chi connectivity index (χ1v) is 4.23. The minimum Gasteiger partial charge on any atom is -0.398 e. The van der Waals surface area contributed by atoms with Crippen molar-refractivity contribution in [1.82, 2.24) is 5.32 Å². The lowest BCUT2D eigenvalue weighted by atomic mass is 10.2. The Bertz CT molecular complexity index is 405. The lowest BCUT2D eigenvalue weighted by Crippen LogP contribution is -2.25. The normalized spacial score (nSPS) is 12.5. The van der Waals surface area contributed by atoms with Gasteiger partial charge in [-0.2, -0.15) is 5.26 Å². The van der Waals surface area contributed by atoms with E-state index in [1.54, 1.807) is 0 Å². The van der Waals surface area contributed by atoms with Crippen LogP contribution in [0.2, 0.25) is 0 Å². The van der Waals surface area contributed by atoms with E-state index in [2.05, 4.69) is 11.9 Å². The molecule has 0 saturated carbocycles. The number of halogens is 2. The van der Waals surface area contributed by atoms with Crippen molar-refractivity contribution >= 4 is 5.91 Å². The predicted octanol–water partition coefficient (Wildman–Crippen LogP) is 1.20. The maximum atomic E-state index is 13.2. The fourth-order valence-electron chi connectivity index (χ4n) is 0.695. The van der Waals surface area contributed by atoms with Gasteiger partial charge in [-0.05, 0) is 6.08 Å². The van der Waals surface area contributed by atoms with Gasteiger partial charge in [-0.3, -0.25) is 4.79 Å². The van der Waals surface area contributed by atoms with Crippen LogP contribution in [0.15, 0.2) is 35.6 Å². The van der Waals surface area contributed by atoms with Crippen LogP contribution in [0.25, 0.3) is 0 Å². The summed E-state index contributed by atoms with van der Waals surface area (Å²) in [7, 11) is 0. The van der Waals surface area contributed by atoms with E-state index in [0.29, 0.717) is 6.08 Å². The Balaban J connectivity index is 4.82. The van der Waals surface area contributed by atoms with Crippen LogP contribution in [0.3, 0.4) is 0 Å². The monoisotopic (exact) mass is 227 g/mol. The van der Waals surface area contributed by atoms with Crippen molar-refractivity contribution in [2.45, 2.75) is 6.92 Å². The number of hydrogen-bond acceptors (Lipinski definition) is 3. The molecule has 6 heteroatoms. The summed E-state index contributed by atoms with van der Waals surface area (Å²) in [6.45, 7) is 3.88. The molecule has 0 aliphatic rings. The smallest absolute Gasteiger partial charge is 0.217 e. The average Bonchev–Trinajstić information content (AvgIpc) is 2.21. The SMILES string of the molecule is C=C(F)/C(C#N)=C\C(F)=C(/N)CNC(C)=O. The first-order chi connectivity index (χ1) is 7.38. The second-order valence-electron chi connectivity index (χ2n) is 2.86. The molecule has 0 bridgehead atoms. The molecule has 0 aliphatic heterocycles. The van der Waals surface area contributed by atoms with Crippen LogP contribution < -0.4 is 11.1 Å². The van der Waals surface area contributed by atoms with E-state index in [0.717, 1.165) is 0 Å². The molecule has 16 heavy (non-hydrogen) atoms. The molecule has 0 atom stereocenters. The molecule has 0 unspecified atom stereocenters. The van der Waals surface area contributed by atoms with Gasteiger partial charge in [0.25, 0.3) is 0 Å². The highest BCUT2D eigenvalue weighted by atomic mass is 19.1. The minimum atomic E-state index is -1.05. The van der Waals surface area contributed by atoms with E-state index in [4.69, 9.17) is 11.0 Å². The molecule has 0 fully saturated rings. The highest BCUT2D eigenvalue weighted by Crippen LogP contribution is 2.13. The van der Waals surface area contributed by atoms with Gasteiger partial charge in [0.05, 0.1) is 17.8 Å². The van der Waals surface area contributed by atoms with E-state index in [1.807, 2.05) is 0 Å². The number of hydrogen-bond donors (Lipinski definition) is 2. The van der Waals surface area contributed by atoms with Gasteiger partial charge in [-0.1, -0.05) is 6.58 Å². The van der Waals surface area contributed by atoms with Crippen molar-refractivity contribution in [3.63, 3.8) is 0 Å². The van der Waals surface area contributed by atoms with E-state index < -0.39 is 17.2 Å². The van der Waals surface area contributed by atoms with Gasteiger partial charge < -0.3 is 11.1 Å². The van der Waals surface area contributed by atoms with Gasteiger partial charge in [-0.15, -0.1) is 0 Å². The molecule has 3 N–H and O–H groups in total. The third-order valence-electron chi connectivity index (χ3n) is 1.52. The van der Waals surface area contributed by atoms with E-state index in [-0.39, 0.29) is 18.1 Å². The molecule has 0 saturated heterocycles. The summed E-state index contributed by atoms with van der Waals surface area (Å²) in [6.07, 6.45) is 0.624. The number of nitrogens with zero attached hydrogens (tertiary/aromatic N) is 1. The lowest BCUT2D eigenvalue weighted by molar-refractivity contribution is -0.118. The molecule has 0 radical (unpaired) electrons. The van der Waals surface area contributed by atoms with Gasteiger partial charge in [0.1, 0.15) is 17.7 Å². The zero-order valence-electron chi connectivity index (χ0n) is 8.68. The molecule has 0 aromatic heterocycles. The fourth-order valence-corrected chi connectivity index (χ4v) is 0.695. The highest BCUT2D eigenvalue weighted by Gasteiger charge is 2.05. The zero-order valence-corrected chi connectivity index (χ0v) is 8.68. The summed E-state index contributed by atoms with van der Waals surface area (Å²) < 4.78 is 25.7. The number of nitrogens with one attached hydrogen (secondary N) is 1. The maximum absolute atomic E-state index is 13.2. The van der Waals surface area contributed by atoms with Crippen LogP contribution in [-0.2, 0) is 4.79 Å². The molecular formula is C10H11F2N3O. The third-order valence-corrected chi connectivity index (χ3v) is 1.52. The Kier molecular flexibility index (Phi) is 5.49. The van der Waals surface area contributed by atoms with Gasteiger partial charge in [0.15, 0.2) is 0 Å². The Morgan fingerprint density at radius 1 is 1.62 bits per heavy atom. The van der Waals surface area contributed by atoms with Crippen molar-refractivity contribution in [1.29, 1.82) is 5.26 Å². The van der Waals surface area contributed by atoms with Gasteiger partial charge >= 0.3 is 0 Å². The first kappa shape index (κ1) is 13.8. The predicted molar refractivity (Wildman–Crippen MR) is 54.9 cm³/mol. The quantitative estimate of drug-likeness (QED) is 0.559. The van der Waals surface area contributed by atoms with Crippen LogP contribution in [-0.4, -0.2) is 12.5 Å². The number of amides is 1. The second-order valence-corrected chi connectivity index (χ2v) is 2.86. The summed E-state index contributed by atoms with van der Waals surface area (Å²) >= 11 is 0. The third kappa shape index (κ3) is 4.91. The Morgan fingerprint density at radius 2 is 2.19 bits per heavy atom. The Labute approximate surface area is 91.7 Å². The largest absolute Gasteiger partial charge is 0.398 e. The highest BCUT2D eigenvalue weighted by molar-refractivity contribution is 5.73. The van der Waals surface area contributed by atoms with Crippen LogP contribution in [0.1, 0.15) is 6.92 Å². The molecule has 4 nitrogen and oxygen atoms in total. The number of carbonyl (C=O) groups is 1. The van der Waals surface area contributed by atoms with Gasteiger partial charge in [0, 0.05) is 6.92 Å². The van der Waals surface area contributed by atoms with Crippen molar-refractivity contribution in [3.8, 4) is 6.07 Å². The first-order valence-electron chi connectivity index (χ1n) is 4.23. The van der Waals surface area contributed by atoms with Crippen LogP contribution in [0.4, 0.5) is 8.78 Å². The average molecular weight is 227 g/mol. The van der Waals surface area contributed by atoms with Crippen molar-refractivity contribution < 1.29 is 13.6 Å². The Morgan fingerprint density at radius 3 is 2.56 bits per heavy atom. The summed E-state index contributed by atoms with van der Waals surface area (Å²) in [4.78, 5) is 10.5. The van der Waals surface area contributed by atoms with E-state index in [9.17, 15) is 13.6 Å². The molecule has 0 rings (SSSR count). The molecular weight excluding hydrogens is 216 g/mol. The van der Waals surface area contributed by atoms with Gasteiger partial charge in [-0.25, -0.2) is 8.78 Å². The molecule has 0 aromatic carbocycles. The van der Waals surface area contributed by atoms with Crippen molar-refractivity contribution in [2.75, 3.05) is 6.54 Å². The summed E-state index contributed by atoms with van der Waals surface area (Å²) in [5, 5.41) is 10.7. The zero-order chi connectivity index (χ0) is 12.7. The van der Waals surface area contributed by atoms with E-state index >= 15 is 0 Å². The standard InChI is InChI=1S/C10H11F2N3O/c1-6(11)8(4-13)3-9(12)10(14)5-15-7(2)16/h3H,1,5,14H2,2H3,(H,15,16)/b8-3-,10-9+.